The van der Waals surface area contributed by atoms with Gasteiger partial charge in [-0.1, -0.05) is 25.5 Å². The van der Waals surface area contributed by atoms with Gasteiger partial charge in [0.2, 0.25) is 0 Å². The molecule has 36 heavy (non-hydrogen) atoms. The summed E-state index contributed by atoms with van der Waals surface area (Å²) in [4.78, 5) is 23.9. The van der Waals surface area contributed by atoms with Crippen LogP contribution in [0.1, 0.15) is 53.1 Å². The molecule has 0 amide bonds. The van der Waals surface area contributed by atoms with Crippen LogP contribution in [0, 0.1) is 0 Å². The zero-order valence-corrected chi connectivity index (χ0v) is 21.1. The van der Waals surface area contributed by atoms with Gasteiger partial charge in [-0.2, -0.15) is 0 Å². The predicted octanol–water partition coefficient (Wildman–Crippen LogP) is 4.37. The van der Waals surface area contributed by atoms with Crippen molar-refractivity contribution >= 4 is 49.9 Å². The number of nitrogens with one attached hydrogen (secondary N) is 1. The average Bonchev–Trinajstić information content (AvgIpc) is 3.24. The van der Waals surface area contributed by atoms with E-state index >= 15 is 0 Å². The molecule has 5 rings (SSSR count). The maximum absolute atomic E-state index is 11.6. The Hall–Kier alpha value is -3.27. The standard InChI is InChI=1S/C27H31N5O3S/c1-2-4-18-14-22(31-26-23(18)24(28)25(36-26)27(34)35)32-11-8-19(9-12-32)30-15-21(33)17-6-7-20-16(13-17)5-3-10-29-20/h3,5-7,10,13-14,19,21,30,33H,2,4,8-9,11-12,15,28H2,1H3,(H,34,35). The number of aromatic carboxylic acids is 1. The lowest BCUT2D eigenvalue weighted by atomic mass is 10.0. The molecule has 188 valence electrons. The number of carboxylic acid groups (broad SMARTS) is 1. The number of nitrogens with two attached hydrogens (primary N) is 1. The molecule has 0 radical (unpaired) electrons. The highest BCUT2D eigenvalue weighted by Gasteiger charge is 2.24. The van der Waals surface area contributed by atoms with E-state index in [1.165, 1.54) is 0 Å². The third-order valence-electron chi connectivity index (χ3n) is 6.91. The van der Waals surface area contributed by atoms with Crippen LogP contribution in [0.2, 0.25) is 0 Å². The molecule has 1 aliphatic rings. The summed E-state index contributed by atoms with van der Waals surface area (Å²) in [6.45, 7) is 4.28. The van der Waals surface area contributed by atoms with Crippen molar-refractivity contribution in [2.45, 2.75) is 44.8 Å². The van der Waals surface area contributed by atoms with E-state index in [9.17, 15) is 15.0 Å². The Kier molecular flexibility index (Phi) is 7.04. The van der Waals surface area contributed by atoms with E-state index in [0.717, 1.165) is 83.3 Å². The van der Waals surface area contributed by atoms with Crippen LogP contribution in [0.4, 0.5) is 11.5 Å². The largest absolute Gasteiger partial charge is 0.477 e. The Bertz CT molecular complexity index is 1400. The van der Waals surface area contributed by atoms with Crippen LogP contribution >= 0.6 is 11.3 Å². The number of aryl methyl sites for hydroxylation is 1. The number of carboxylic acids is 1. The summed E-state index contributed by atoms with van der Waals surface area (Å²) >= 11 is 1.15. The fraction of sp³-hybridized carbons (Fsp3) is 0.370. The van der Waals surface area contributed by atoms with Gasteiger partial charge in [0.15, 0.2) is 0 Å². The number of nitrogens with zero attached hydrogens (tertiary/aromatic N) is 3. The summed E-state index contributed by atoms with van der Waals surface area (Å²) in [5.41, 5.74) is 9.39. The number of rotatable bonds is 8. The van der Waals surface area contributed by atoms with Crippen molar-refractivity contribution in [3.8, 4) is 0 Å². The van der Waals surface area contributed by atoms with E-state index in [0.29, 0.717) is 23.1 Å². The molecule has 1 fully saturated rings. The molecule has 0 spiro atoms. The van der Waals surface area contributed by atoms with E-state index in [4.69, 9.17) is 10.7 Å². The molecule has 4 aromatic rings. The van der Waals surface area contributed by atoms with Crippen LogP contribution < -0.4 is 16.0 Å². The second-order valence-electron chi connectivity index (χ2n) is 9.36. The number of carbonyl (C=O) groups is 1. The number of pyridine rings is 2. The van der Waals surface area contributed by atoms with Gasteiger partial charge >= 0.3 is 5.97 Å². The fourth-order valence-electron chi connectivity index (χ4n) is 4.98. The highest BCUT2D eigenvalue weighted by Crippen LogP contribution is 2.37. The van der Waals surface area contributed by atoms with Crippen LogP contribution in [0.25, 0.3) is 21.1 Å². The third-order valence-corrected chi connectivity index (χ3v) is 8.00. The molecule has 8 nitrogen and oxygen atoms in total. The Morgan fingerprint density at radius 2 is 2.08 bits per heavy atom. The van der Waals surface area contributed by atoms with E-state index < -0.39 is 12.1 Å². The summed E-state index contributed by atoms with van der Waals surface area (Å²) in [6.07, 6.45) is 4.83. The van der Waals surface area contributed by atoms with Gasteiger partial charge in [-0.15, -0.1) is 11.3 Å². The number of piperidine rings is 1. The van der Waals surface area contributed by atoms with Gasteiger partial charge in [0.05, 0.1) is 17.3 Å². The first-order valence-electron chi connectivity index (χ1n) is 12.4. The molecule has 1 aliphatic heterocycles. The van der Waals surface area contributed by atoms with Gasteiger partial charge in [-0.05, 0) is 54.7 Å². The van der Waals surface area contributed by atoms with Gasteiger partial charge in [-0.25, -0.2) is 9.78 Å². The summed E-state index contributed by atoms with van der Waals surface area (Å²) in [7, 11) is 0. The molecular formula is C27H31N5O3S. The van der Waals surface area contributed by atoms with Crippen LogP contribution in [0.5, 0.6) is 0 Å². The maximum atomic E-state index is 11.6. The number of aliphatic hydroxyl groups excluding tert-OH is 1. The van der Waals surface area contributed by atoms with E-state index in [1.807, 2.05) is 30.3 Å². The monoisotopic (exact) mass is 505 g/mol. The Morgan fingerprint density at radius 3 is 2.83 bits per heavy atom. The quantitative estimate of drug-likeness (QED) is 0.278. The number of benzene rings is 1. The minimum atomic E-state index is -1.01. The highest BCUT2D eigenvalue weighted by atomic mass is 32.1. The molecule has 1 atom stereocenters. The van der Waals surface area contributed by atoms with Gasteiger partial charge in [0, 0.05) is 42.6 Å². The van der Waals surface area contributed by atoms with Crippen LogP contribution in [-0.2, 0) is 6.42 Å². The van der Waals surface area contributed by atoms with Crippen molar-refractivity contribution in [1.82, 2.24) is 15.3 Å². The van der Waals surface area contributed by atoms with Crippen molar-refractivity contribution < 1.29 is 15.0 Å². The molecule has 3 aromatic heterocycles. The topological polar surface area (TPSA) is 125 Å². The van der Waals surface area contributed by atoms with Crippen LogP contribution in [0.3, 0.4) is 0 Å². The van der Waals surface area contributed by atoms with Gasteiger partial charge in [0.1, 0.15) is 15.5 Å². The number of thiophene rings is 1. The van der Waals surface area contributed by atoms with Crippen molar-refractivity contribution in [3.63, 3.8) is 0 Å². The molecule has 9 heteroatoms. The minimum Gasteiger partial charge on any atom is -0.477 e. The summed E-state index contributed by atoms with van der Waals surface area (Å²) in [5.74, 6) is -0.124. The molecule has 0 aliphatic carbocycles. The van der Waals surface area contributed by atoms with Crippen molar-refractivity contribution in [1.29, 1.82) is 0 Å². The number of fused-ring (bicyclic) bond motifs is 2. The third kappa shape index (κ3) is 4.86. The Labute approximate surface area is 213 Å². The SMILES string of the molecule is CCCc1cc(N2CCC(NCC(O)c3ccc4ncccc4c3)CC2)nc2sc(C(=O)O)c(N)c12. The number of aromatic nitrogens is 2. The first-order valence-corrected chi connectivity index (χ1v) is 13.2. The molecular weight excluding hydrogens is 474 g/mol. The molecule has 4 heterocycles. The van der Waals surface area contributed by atoms with Crippen LogP contribution in [0.15, 0.2) is 42.6 Å². The lowest BCUT2D eigenvalue weighted by Gasteiger charge is -2.34. The molecule has 0 bridgehead atoms. The lowest BCUT2D eigenvalue weighted by molar-refractivity contribution is 0.0703. The van der Waals surface area contributed by atoms with E-state index in [2.05, 4.69) is 28.2 Å². The zero-order valence-electron chi connectivity index (χ0n) is 20.3. The smallest absolute Gasteiger partial charge is 0.348 e. The normalized spacial score (nSPS) is 15.6. The van der Waals surface area contributed by atoms with Gasteiger partial charge in [-0.3, -0.25) is 4.98 Å². The van der Waals surface area contributed by atoms with Crippen LogP contribution in [-0.4, -0.2) is 51.8 Å². The zero-order chi connectivity index (χ0) is 25.2. The van der Waals surface area contributed by atoms with Gasteiger partial charge < -0.3 is 26.2 Å². The average molecular weight is 506 g/mol. The highest BCUT2D eigenvalue weighted by molar-refractivity contribution is 7.21. The number of nitrogen functional groups attached to an aromatic ring is 1. The molecule has 1 saturated heterocycles. The minimum absolute atomic E-state index is 0.163. The molecule has 0 saturated carbocycles. The Balaban J connectivity index is 1.23. The first-order chi connectivity index (χ1) is 17.4. The number of hydrogen-bond donors (Lipinski definition) is 4. The maximum Gasteiger partial charge on any atom is 0.348 e. The Morgan fingerprint density at radius 1 is 1.28 bits per heavy atom. The summed E-state index contributed by atoms with van der Waals surface area (Å²) < 4.78 is 0. The second-order valence-corrected chi connectivity index (χ2v) is 10.4. The predicted molar refractivity (Wildman–Crippen MR) is 145 cm³/mol. The van der Waals surface area contributed by atoms with Crippen molar-refractivity contribution in [3.05, 3.63) is 58.6 Å². The van der Waals surface area contributed by atoms with Crippen molar-refractivity contribution in [2.24, 2.45) is 0 Å². The van der Waals surface area contributed by atoms with E-state index in [1.54, 1.807) is 6.20 Å². The lowest BCUT2D eigenvalue weighted by Crippen LogP contribution is -2.44. The number of aliphatic hydroxyl groups is 1. The van der Waals surface area contributed by atoms with Gasteiger partial charge in [0.25, 0.3) is 0 Å². The molecule has 1 aromatic carbocycles. The summed E-state index contributed by atoms with van der Waals surface area (Å²) in [5, 5.41) is 25.6. The fourth-order valence-corrected chi connectivity index (χ4v) is 5.96. The number of anilines is 2. The van der Waals surface area contributed by atoms with Crippen molar-refractivity contribution in [2.75, 3.05) is 30.3 Å². The first kappa shape index (κ1) is 24.4. The molecule has 5 N–H and O–H groups in total. The second kappa shape index (κ2) is 10.4. The summed E-state index contributed by atoms with van der Waals surface area (Å²) in [6, 6.07) is 12.2. The molecule has 1 unspecified atom stereocenters. The van der Waals surface area contributed by atoms with E-state index in [-0.39, 0.29) is 4.88 Å². The number of hydrogen-bond acceptors (Lipinski definition) is 8.